The molecule has 166 valence electrons. The van der Waals surface area contributed by atoms with Crippen LogP contribution in [0.25, 0.3) is 55.6 Å². The fraction of sp³-hybridized carbons (Fsp3) is 0.0769. The summed E-state index contributed by atoms with van der Waals surface area (Å²) in [7, 11) is 0. The third-order valence-corrected chi connectivity index (χ3v) is 6.52. The summed E-state index contributed by atoms with van der Waals surface area (Å²) in [4.78, 5) is 24.2. The molecule has 0 spiro atoms. The summed E-state index contributed by atoms with van der Waals surface area (Å²) < 4.78 is 0. The van der Waals surface area contributed by atoms with E-state index in [1.807, 2.05) is 19.1 Å². The zero-order valence-electron chi connectivity index (χ0n) is 18.3. The summed E-state index contributed by atoms with van der Waals surface area (Å²) in [5, 5.41) is 16.9. The van der Waals surface area contributed by atoms with Crippen LogP contribution in [0.3, 0.4) is 0 Å². The number of H-pyrrole nitrogens is 2. The number of hydrogen-bond acceptors (Lipinski definition) is 5. The van der Waals surface area contributed by atoms with Gasteiger partial charge in [-0.1, -0.05) is 19.1 Å². The molecule has 5 heterocycles. The smallest absolute Gasteiger partial charge is 0.224 e. The number of carbonyl (C=O) groups excluding carboxylic acids is 1. The van der Waals surface area contributed by atoms with Crippen molar-refractivity contribution in [3.63, 3.8) is 0 Å². The molecule has 0 bridgehead atoms. The van der Waals surface area contributed by atoms with Crippen LogP contribution in [-0.2, 0) is 4.79 Å². The van der Waals surface area contributed by atoms with Gasteiger partial charge in [-0.25, -0.2) is 0 Å². The minimum atomic E-state index is -0.0554. The summed E-state index contributed by atoms with van der Waals surface area (Å²) in [6, 6.07) is 14.5. The highest BCUT2D eigenvalue weighted by Gasteiger charge is 2.15. The second kappa shape index (κ2) is 8.24. The van der Waals surface area contributed by atoms with Gasteiger partial charge in [0, 0.05) is 34.5 Å². The lowest BCUT2D eigenvalue weighted by Crippen LogP contribution is -2.09. The molecule has 34 heavy (non-hydrogen) atoms. The Morgan fingerprint density at radius 3 is 2.82 bits per heavy atom. The second-order valence-corrected chi connectivity index (χ2v) is 8.79. The molecule has 0 radical (unpaired) electrons. The van der Waals surface area contributed by atoms with Gasteiger partial charge in [-0.15, -0.1) is 0 Å². The Balaban J connectivity index is 1.43. The fourth-order valence-electron chi connectivity index (χ4n) is 4.13. The zero-order valence-corrected chi connectivity index (χ0v) is 19.1. The number of anilines is 1. The molecule has 7 nitrogen and oxygen atoms in total. The normalized spacial score (nSPS) is 11.3. The van der Waals surface area contributed by atoms with Crippen molar-refractivity contribution in [2.75, 3.05) is 5.32 Å². The number of aromatic amines is 2. The average Bonchev–Trinajstić information content (AvgIpc) is 3.62. The molecule has 5 aromatic heterocycles. The number of amides is 1. The Hall–Kier alpha value is -4.30. The third kappa shape index (κ3) is 3.54. The van der Waals surface area contributed by atoms with Crippen LogP contribution in [0, 0.1) is 0 Å². The van der Waals surface area contributed by atoms with Gasteiger partial charge in [0.1, 0.15) is 5.69 Å². The van der Waals surface area contributed by atoms with Gasteiger partial charge in [-0.05, 0) is 52.2 Å². The lowest BCUT2D eigenvalue weighted by Gasteiger charge is -2.06. The van der Waals surface area contributed by atoms with Gasteiger partial charge >= 0.3 is 0 Å². The van der Waals surface area contributed by atoms with Gasteiger partial charge in [0.25, 0.3) is 0 Å². The van der Waals surface area contributed by atoms with E-state index < -0.39 is 0 Å². The maximum absolute atomic E-state index is 11.8. The first-order valence-corrected chi connectivity index (χ1v) is 11.9. The maximum atomic E-state index is 11.8. The molecule has 6 rings (SSSR count). The molecular formula is C26H20N6OS. The highest BCUT2D eigenvalue weighted by atomic mass is 32.1. The van der Waals surface area contributed by atoms with E-state index in [4.69, 9.17) is 0 Å². The van der Waals surface area contributed by atoms with Crippen LogP contribution in [0.2, 0.25) is 0 Å². The van der Waals surface area contributed by atoms with Crippen molar-refractivity contribution in [3.8, 4) is 33.8 Å². The number of nitrogens with one attached hydrogen (secondary N) is 3. The summed E-state index contributed by atoms with van der Waals surface area (Å²) in [6.45, 7) is 1.82. The van der Waals surface area contributed by atoms with Crippen molar-refractivity contribution in [1.29, 1.82) is 0 Å². The van der Waals surface area contributed by atoms with Crippen molar-refractivity contribution in [2.45, 2.75) is 13.3 Å². The van der Waals surface area contributed by atoms with E-state index in [2.05, 4.69) is 71.6 Å². The van der Waals surface area contributed by atoms with E-state index in [1.54, 1.807) is 29.9 Å². The number of fused-ring (bicyclic) bond motifs is 2. The van der Waals surface area contributed by atoms with E-state index in [0.717, 1.165) is 44.5 Å². The fourth-order valence-corrected chi connectivity index (χ4v) is 4.79. The van der Waals surface area contributed by atoms with Crippen LogP contribution in [0.4, 0.5) is 5.69 Å². The van der Waals surface area contributed by atoms with E-state index in [9.17, 15) is 4.79 Å². The summed E-state index contributed by atoms with van der Waals surface area (Å²) in [5.74, 6) is -0.0554. The predicted molar refractivity (Wildman–Crippen MR) is 137 cm³/mol. The van der Waals surface area contributed by atoms with Crippen LogP contribution in [-0.4, -0.2) is 31.1 Å². The zero-order chi connectivity index (χ0) is 23.1. The van der Waals surface area contributed by atoms with Gasteiger partial charge in [0.2, 0.25) is 5.91 Å². The van der Waals surface area contributed by atoms with Crippen LogP contribution in [0.15, 0.2) is 71.8 Å². The first kappa shape index (κ1) is 20.3. The topological polar surface area (TPSA) is 99.4 Å². The first-order valence-electron chi connectivity index (χ1n) is 10.9. The maximum Gasteiger partial charge on any atom is 0.224 e. The number of carbonyl (C=O) groups is 1. The van der Waals surface area contributed by atoms with E-state index in [1.165, 1.54) is 11.1 Å². The molecule has 0 aliphatic carbocycles. The van der Waals surface area contributed by atoms with Crippen LogP contribution >= 0.6 is 11.3 Å². The third-order valence-electron chi connectivity index (χ3n) is 5.84. The highest BCUT2D eigenvalue weighted by Crippen LogP contribution is 2.35. The predicted octanol–water partition coefficient (Wildman–Crippen LogP) is 6.25. The molecule has 8 heteroatoms. The van der Waals surface area contributed by atoms with Crippen LogP contribution in [0.1, 0.15) is 13.3 Å². The van der Waals surface area contributed by atoms with Crippen LogP contribution in [0.5, 0.6) is 0 Å². The summed E-state index contributed by atoms with van der Waals surface area (Å²) >= 11 is 1.69. The van der Waals surface area contributed by atoms with E-state index >= 15 is 0 Å². The molecule has 0 aliphatic heterocycles. The molecule has 0 atom stereocenters. The Morgan fingerprint density at radius 2 is 1.97 bits per heavy atom. The minimum absolute atomic E-state index is 0.0554. The Kier molecular flexibility index (Phi) is 4.92. The van der Waals surface area contributed by atoms with E-state index in [0.29, 0.717) is 12.1 Å². The van der Waals surface area contributed by atoms with Crippen molar-refractivity contribution in [2.24, 2.45) is 0 Å². The van der Waals surface area contributed by atoms with E-state index in [-0.39, 0.29) is 5.91 Å². The summed E-state index contributed by atoms with van der Waals surface area (Å²) in [6.07, 6.45) is 5.56. The number of rotatable bonds is 5. The molecule has 0 aliphatic rings. The molecular weight excluding hydrogens is 444 g/mol. The number of thiophene rings is 1. The van der Waals surface area contributed by atoms with Crippen LogP contribution < -0.4 is 5.32 Å². The number of nitrogens with zero attached hydrogens (tertiary/aromatic N) is 3. The molecule has 1 amide bonds. The standard InChI is InChI=1S/C26H20N6OS/c1-2-25(33)29-17-8-16(11-27-12-17)22-10-20-24(13-28-22)31-32-26(20)23-9-19-18(15-6-7-34-14-15)4-3-5-21(19)30-23/h3-14,30H,2H2,1H3,(H,29,33)(H,31,32). The summed E-state index contributed by atoms with van der Waals surface area (Å²) in [5.41, 5.74) is 8.30. The Bertz CT molecular complexity index is 1650. The van der Waals surface area contributed by atoms with Crippen molar-refractivity contribution >= 4 is 44.7 Å². The average molecular weight is 465 g/mol. The van der Waals surface area contributed by atoms with Gasteiger partial charge in [0.15, 0.2) is 0 Å². The molecule has 0 fully saturated rings. The van der Waals surface area contributed by atoms with Gasteiger partial charge in [0.05, 0.1) is 35.0 Å². The highest BCUT2D eigenvalue weighted by molar-refractivity contribution is 7.08. The SMILES string of the molecule is CCC(=O)Nc1cncc(-c2cc3c(-c4cc5c(-c6ccsc6)cccc5[nH]4)n[nH]c3cn2)c1. The number of benzene rings is 1. The minimum Gasteiger partial charge on any atom is -0.353 e. The Labute approximate surface area is 198 Å². The second-order valence-electron chi connectivity index (χ2n) is 8.01. The monoisotopic (exact) mass is 464 g/mol. The first-order chi connectivity index (χ1) is 16.7. The number of aromatic nitrogens is 5. The molecule has 1 aromatic carbocycles. The molecule has 6 aromatic rings. The van der Waals surface area contributed by atoms with Crippen molar-refractivity contribution in [3.05, 3.63) is 71.8 Å². The lowest BCUT2D eigenvalue weighted by atomic mass is 10.0. The number of pyridine rings is 2. The van der Waals surface area contributed by atoms with Gasteiger partial charge in [-0.3, -0.25) is 19.9 Å². The van der Waals surface area contributed by atoms with Crippen molar-refractivity contribution < 1.29 is 4.79 Å². The molecule has 3 N–H and O–H groups in total. The molecule has 0 unspecified atom stereocenters. The molecule has 0 saturated carbocycles. The largest absolute Gasteiger partial charge is 0.353 e. The molecule has 0 saturated heterocycles. The lowest BCUT2D eigenvalue weighted by molar-refractivity contribution is -0.115. The number of hydrogen-bond donors (Lipinski definition) is 3. The van der Waals surface area contributed by atoms with Gasteiger partial charge < -0.3 is 10.3 Å². The van der Waals surface area contributed by atoms with Gasteiger partial charge in [-0.2, -0.15) is 16.4 Å². The quantitative estimate of drug-likeness (QED) is 0.281. The van der Waals surface area contributed by atoms with Crippen molar-refractivity contribution in [1.82, 2.24) is 25.1 Å². The Morgan fingerprint density at radius 1 is 1.03 bits per heavy atom.